The summed E-state index contributed by atoms with van der Waals surface area (Å²) in [6.45, 7) is 7.13. The van der Waals surface area contributed by atoms with Crippen LogP contribution >= 0.6 is 0 Å². The van der Waals surface area contributed by atoms with Crippen molar-refractivity contribution in [2.45, 2.75) is 27.7 Å². The Morgan fingerprint density at radius 2 is 1.84 bits per heavy atom. The number of fused-ring (bicyclic) bond motifs is 1. The summed E-state index contributed by atoms with van der Waals surface area (Å²) in [4.78, 5) is 28.6. The molecule has 5 nitrogen and oxygen atoms in total. The highest BCUT2D eigenvalue weighted by molar-refractivity contribution is 6.15. The van der Waals surface area contributed by atoms with Gasteiger partial charge >= 0.3 is 5.97 Å². The van der Waals surface area contributed by atoms with Gasteiger partial charge in [0.1, 0.15) is 11.5 Å². The standard InChI is InChI=1S/C20H19NO4/c1-12-15(25-19(23)20(2,3)4)6-5-14-17(22)16(24-18(12)14)11-13-7-9-21-10-8-13/h5-11H,1-4H3/b16-11-. The molecule has 1 aromatic heterocycles. The molecule has 0 radical (unpaired) electrons. The second-order valence-corrected chi connectivity index (χ2v) is 6.93. The zero-order valence-corrected chi connectivity index (χ0v) is 14.6. The van der Waals surface area contributed by atoms with Crippen molar-refractivity contribution in [1.82, 2.24) is 4.98 Å². The molecule has 0 saturated carbocycles. The first-order valence-corrected chi connectivity index (χ1v) is 7.97. The van der Waals surface area contributed by atoms with E-state index in [0.29, 0.717) is 22.6 Å². The zero-order chi connectivity index (χ0) is 18.2. The maximum Gasteiger partial charge on any atom is 0.316 e. The molecule has 0 amide bonds. The number of benzene rings is 1. The summed E-state index contributed by atoms with van der Waals surface area (Å²) < 4.78 is 11.2. The van der Waals surface area contributed by atoms with Crippen molar-refractivity contribution in [1.29, 1.82) is 0 Å². The molecule has 0 fully saturated rings. The molecule has 5 heteroatoms. The van der Waals surface area contributed by atoms with Gasteiger partial charge in [-0.1, -0.05) is 0 Å². The maximum atomic E-state index is 12.5. The molecule has 0 unspecified atom stereocenters. The summed E-state index contributed by atoms with van der Waals surface area (Å²) in [5.74, 6) is 0.542. The van der Waals surface area contributed by atoms with Crippen LogP contribution in [0.1, 0.15) is 42.3 Å². The first-order chi connectivity index (χ1) is 11.8. The van der Waals surface area contributed by atoms with Gasteiger partial charge < -0.3 is 9.47 Å². The lowest BCUT2D eigenvalue weighted by Crippen LogP contribution is -2.25. The predicted molar refractivity (Wildman–Crippen MR) is 93.4 cm³/mol. The SMILES string of the molecule is Cc1c(OC(=O)C(C)(C)C)ccc2c1O/C(=C\c1ccncc1)C2=O. The third kappa shape index (κ3) is 3.31. The average molecular weight is 337 g/mol. The topological polar surface area (TPSA) is 65.5 Å². The van der Waals surface area contributed by atoms with Gasteiger partial charge in [-0.05, 0) is 63.6 Å². The van der Waals surface area contributed by atoms with Gasteiger partial charge in [0.2, 0.25) is 5.78 Å². The third-order valence-electron chi connectivity index (χ3n) is 3.86. The molecule has 128 valence electrons. The monoisotopic (exact) mass is 337 g/mol. The number of carbonyl (C=O) groups is 2. The number of rotatable bonds is 2. The van der Waals surface area contributed by atoms with Crippen LogP contribution < -0.4 is 9.47 Å². The number of pyridine rings is 1. The second kappa shape index (κ2) is 6.16. The minimum absolute atomic E-state index is 0.191. The lowest BCUT2D eigenvalue weighted by atomic mass is 9.97. The lowest BCUT2D eigenvalue weighted by Gasteiger charge is -2.17. The highest BCUT2D eigenvalue weighted by Gasteiger charge is 2.31. The van der Waals surface area contributed by atoms with Crippen molar-refractivity contribution in [2.75, 3.05) is 0 Å². The van der Waals surface area contributed by atoms with Crippen LogP contribution in [0.3, 0.4) is 0 Å². The molecule has 0 saturated heterocycles. The lowest BCUT2D eigenvalue weighted by molar-refractivity contribution is -0.143. The van der Waals surface area contributed by atoms with Crippen molar-refractivity contribution in [3.05, 3.63) is 59.1 Å². The fraction of sp³-hybridized carbons (Fsp3) is 0.250. The summed E-state index contributed by atoms with van der Waals surface area (Å²) in [7, 11) is 0. The number of ether oxygens (including phenoxy) is 2. The van der Waals surface area contributed by atoms with Crippen LogP contribution in [0.25, 0.3) is 6.08 Å². The van der Waals surface area contributed by atoms with Crippen LogP contribution in [0.5, 0.6) is 11.5 Å². The van der Waals surface area contributed by atoms with E-state index in [0.717, 1.165) is 5.56 Å². The van der Waals surface area contributed by atoms with E-state index < -0.39 is 5.41 Å². The highest BCUT2D eigenvalue weighted by atomic mass is 16.5. The first kappa shape index (κ1) is 16.9. The maximum absolute atomic E-state index is 12.5. The van der Waals surface area contributed by atoms with Gasteiger partial charge in [-0.15, -0.1) is 0 Å². The van der Waals surface area contributed by atoms with Crippen LogP contribution in [0, 0.1) is 12.3 Å². The molecule has 3 rings (SSSR count). The molecule has 1 aliphatic rings. The van der Waals surface area contributed by atoms with Gasteiger partial charge in [0.05, 0.1) is 11.0 Å². The summed E-state index contributed by atoms with van der Waals surface area (Å²) in [6.07, 6.45) is 4.97. The fourth-order valence-electron chi connectivity index (χ4n) is 2.34. The van der Waals surface area contributed by atoms with E-state index in [2.05, 4.69) is 4.98 Å². The fourth-order valence-corrected chi connectivity index (χ4v) is 2.34. The largest absolute Gasteiger partial charge is 0.452 e. The quantitative estimate of drug-likeness (QED) is 0.471. The molecule has 2 aromatic rings. The van der Waals surface area contributed by atoms with E-state index in [-0.39, 0.29) is 17.5 Å². The van der Waals surface area contributed by atoms with Gasteiger partial charge in [0, 0.05) is 18.0 Å². The van der Waals surface area contributed by atoms with E-state index >= 15 is 0 Å². The summed E-state index contributed by atoms with van der Waals surface area (Å²) in [5, 5.41) is 0. The first-order valence-electron chi connectivity index (χ1n) is 7.97. The number of allylic oxidation sites excluding steroid dienone is 1. The summed E-state index contributed by atoms with van der Waals surface area (Å²) in [6, 6.07) is 6.84. The normalized spacial score (nSPS) is 15.0. The van der Waals surface area contributed by atoms with Crippen LogP contribution in [0.4, 0.5) is 0 Å². The van der Waals surface area contributed by atoms with Crippen LogP contribution in [-0.4, -0.2) is 16.7 Å². The van der Waals surface area contributed by atoms with Gasteiger partial charge in [0.15, 0.2) is 5.76 Å². The van der Waals surface area contributed by atoms with E-state index in [1.807, 2.05) is 0 Å². The second-order valence-electron chi connectivity index (χ2n) is 6.93. The molecule has 0 bridgehead atoms. The third-order valence-corrected chi connectivity index (χ3v) is 3.86. The van der Waals surface area contributed by atoms with Crippen LogP contribution in [0.15, 0.2) is 42.4 Å². The van der Waals surface area contributed by atoms with E-state index in [9.17, 15) is 9.59 Å². The van der Waals surface area contributed by atoms with Crippen LogP contribution in [0.2, 0.25) is 0 Å². The molecule has 0 spiro atoms. The molecule has 1 aliphatic heterocycles. The molecule has 0 atom stereocenters. The Bertz CT molecular complexity index is 877. The predicted octanol–water partition coefficient (Wildman–Crippen LogP) is 3.96. The number of aromatic nitrogens is 1. The van der Waals surface area contributed by atoms with Crippen molar-refractivity contribution in [2.24, 2.45) is 5.41 Å². The number of ketones is 1. The summed E-state index contributed by atoms with van der Waals surface area (Å²) in [5.41, 5.74) is 1.30. The van der Waals surface area contributed by atoms with Gasteiger partial charge in [-0.3, -0.25) is 14.6 Å². The zero-order valence-electron chi connectivity index (χ0n) is 14.6. The Kier molecular flexibility index (Phi) is 4.17. The number of nitrogens with zero attached hydrogens (tertiary/aromatic N) is 1. The highest BCUT2D eigenvalue weighted by Crippen LogP contribution is 2.39. The molecular weight excluding hydrogens is 318 g/mol. The van der Waals surface area contributed by atoms with Gasteiger partial charge in [-0.25, -0.2) is 0 Å². The Hall–Kier alpha value is -2.95. The van der Waals surface area contributed by atoms with Crippen molar-refractivity contribution in [3.8, 4) is 11.5 Å². The Morgan fingerprint density at radius 3 is 2.48 bits per heavy atom. The molecule has 1 aromatic carbocycles. The number of Topliss-reactive ketones (excluding diaryl/α,β-unsaturated/α-hetero) is 1. The summed E-state index contributed by atoms with van der Waals surface area (Å²) >= 11 is 0. The molecule has 0 N–H and O–H groups in total. The molecule has 2 heterocycles. The van der Waals surface area contributed by atoms with E-state index in [1.54, 1.807) is 70.4 Å². The smallest absolute Gasteiger partial charge is 0.316 e. The number of hydrogen-bond acceptors (Lipinski definition) is 5. The van der Waals surface area contributed by atoms with E-state index in [1.165, 1.54) is 0 Å². The van der Waals surface area contributed by atoms with Gasteiger partial charge in [-0.2, -0.15) is 0 Å². The van der Waals surface area contributed by atoms with Crippen molar-refractivity contribution < 1.29 is 19.1 Å². The Morgan fingerprint density at radius 1 is 1.16 bits per heavy atom. The Labute approximate surface area is 146 Å². The minimum Gasteiger partial charge on any atom is -0.452 e. The van der Waals surface area contributed by atoms with Crippen molar-refractivity contribution >= 4 is 17.8 Å². The number of hydrogen-bond donors (Lipinski definition) is 0. The number of carbonyl (C=O) groups excluding carboxylic acids is 2. The van der Waals surface area contributed by atoms with Crippen molar-refractivity contribution in [3.63, 3.8) is 0 Å². The average Bonchev–Trinajstić information content (AvgIpc) is 2.87. The number of esters is 1. The molecular formula is C20H19NO4. The van der Waals surface area contributed by atoms with E-state index in [4.69, 9.17) is 9.47 Å². The van der Waals surface area contributed by atoms with Gasteiger partial charge in [0.25, 0.3) is 0 Å². The Balaban J connectivity index is 1.92. The minimum atomic E-state index is -0.617. The van der Waals surface area contributed by atoms with Crippen LogP contribution in [-0.2, 0) is 4.79 Å². The molecule has 0 aliphatic carbocycles. The molecule has 25 heavy (non-hydrogen) atoms.